The van der Waals surface area contributed by atoms with Gasteiger partial charge in [0.2, 0.25) is 0 Å². The molecule has 2 aromatic heterocycles. The molecular weight excluding hydrogens is 450 g/mol. The standard InChI is InChI=1S/C26H17N3O4S/c30-26(31)23-15-13-17(16-27-23)12-14-18-6-1-3-9-21(18)29-34(32,33)24-11-5-8-20-19-7-2-4-10-22(19)28-25(20)24/h1-11,13,15-16,28-29H,(H,30,31). The number of benzene rings is 3. The van der Waals surface area contributed by atoms with Crippen LogP contribution < -0.4 is 4.72 Å². The SMILES string of the molecule is O=C(O)c1ccc(C#Cc2ccccc2NS(=O)(=O)c2cccc3c2[nH]c2ccccc23)cn1. The monoisotopic (exact) mass is 467 g/mol. The average Bonchev–Trinajstić information content (AvgIpc) is 3.22. The molecule has 7 nitrogen and oxygen atoms in total. The second-order valence-corrected chi connectivity index (χ2v) is 9.14. The van der Waals surface area contributed by atoms with Crippen molar-refractivity contribution in [3.8, 4) is 11.8 Å². The molecule has 0 saturated heterocycles. The molecule has 166 valence electrons. The van der Waals surface area contributed by atoms with Crippen LogP contribution in [0.3, 0.4) is 0 Å². The number of nitrogens with one attached hydrogen (secondary N) is 2. The van der Waals surface area contributed by atoms with E-state index in [-0.39, 0.29) is 10.6 Å². The van der Waals surface area contributed by atoms with Crippen LogP contribution in [-0.2, 0) is 10.0 Å². The summed E-state index contributed by atoms with van der Waals surface area (Å²) in [5.74, 6) is 4.71. The number of para-hydroxylation sites is 3. The number of rotatable bonds is 4. The third kappa shape index (κ3) is 3.96. The van der Waals surface area contributed by atoms with E-state index in [9.17, 15) is 13.2 Å². The molecule has 0 spiro atoms. The second kappa shape index (κ2) is 8.39. The highest BCUT2D eigenvalue weighted by molar-refractivity contribution is 7.93. The minimum Gasteiger partial charge on any atom is -0.477 e. The van der Waals surface area contributed by atoms with Gasteiger partial charge >= 0.3 is 5.97 Å². The van der Waals surface area contributed by atoms with E-state index in [1.54, 1.807) is 42.5 Å². The zero-order chi connectivity index (χ0) is 23.7. The number of pyridine rings is 1. The number of hydrogen-bond acceptors (Lipinski definition) is 4. The van der Waals surface area contributed by atoms with Gasteiger partial charge in [0.05, 0.1) is 11.2 Å². The second-order valence-electron chi connectivity index (χ2n) is 7.49. The van der Waals surface area contributed by atoms with Crippen molar-refractivity contribution in [2.24, 2.45) is 0 Å². The van der Waals surface area contributed by atoms with E-state index in [2.05, 4.69) is 26.5 Å². The van der Waals surface area contributed by atoms with E-state index in [1.807, 2.05) is 30.3 Å². The summed E-state index contributed by atoms with van der Waals surface area (Å²) in [5.41, 5.74) is 2.61. The van der Waals surface area contributed by atoms with Crippen molar-refractivity contribution in [1.82, 2.24) is 9.97 Å². The highest BCUT2D eigenvalue weighted by Crippen LogP contribution is 2.31. The summed E-state index contributed by atoms with van der Waals surface area (Å²) in [6, 6.07) is 22.5. The Bertz CT molecular complexity index is 1730. The molecule has 5 rings (SSSR count). The minimum absolute atomic E-state index is 0.0788. The maximum Gasteiger partial charge on any atom is 0.354 e. The molecular formula is C26H17N3O4S. The number of carbonyl (C=O) groups is 1. The molecule has 0 fully saturated rings. The predicted octanol–water partition coefficient (Wildman–Crippen LogP) is 4.61. The van der Waals surface area contributed by atoms with Gasteiger partial charge in [-0.3, -0.25) is 4.72 Å². The molecule has 0 aliphatic carbocycles. The molecule has 3 aromatic carbocycles. The number of hydrogen-bond donors (Lipinski definition) is 3. The number of anilines is 1. The molecule has 8 heteroatoms. The molecule has 0 atom stereocenters. The van der Waals surface area contributed by atoms with Gasteiger partial charge in [0.15, 0.2) is 0 Å². The number of carboxylic acid groups (broad SMARTS) is 1. The van der Waals surface area contributed by atoms with Crippen LogP contribution in [0, 0.1) is 11.8 Å². The lowest BCUT2D eigenvalue weighted by Gasteiger charge is -2.10. The average molecular weight is 468 g/mol. The van der Waals surface area contributed by atoms with Crippen LogP contribution >= 0.6 is 0 Å². The first-order valence-electron chi connectivity index (χ1n) is 10.2. The predicted molar refractivity (Wildman–Crippen MR) is 130 cm³/mol. The van der Waals surface area contributed by atoms with Crippen LogP contribution in [0.4, 0.5) is 5.69 Å². The molecule has 3 N–H and O–H groups in total. The Balaban J connectivity index is 1.51. The van der Waals surface area contributed by atoms with Gasteiger partial charge in [0.1, 0.15) is 10.6 Å². The highest BCUT2D eigenvalue weighted by Gasteiger charge is 2.20. The molecule has 0 radical (unpaired) electrons. The van der Waals surface area contributed by atoms with E-state index >= 15 is 0 Å². The summed E-state index contributed by atoms with van der Waals surface area (Å²) in [7, 11) is -3.93. The quantitative estimate of drug-likeness (QED) is 0.334. The first-order chi connectivity index (χ1) is 16.4. The summed E-state index contributed by atoms with van der Waals surface area (Å²) in [6.45, 7) is 0. The molecule has 2 heterocycles. The Kier molecular flexibility index (Phi) is 5.24. The van der Waals surface area contributed by atoms with Crippen LogP contribution in [0.5, 0.6) is 0 Å². The van der Waals surface area contributed by atoms with Crippen molar-refractivity contribution in [3.05, 3.63) is 102 Å². The van der Waals surface area contributed by atoms with Gasteiger partial charge in [-0.2, -0.15) is 0 Å². The largest absolute Gasteiger partial charge is 0.477 e. The summed E-state index contributed by atoms with van der Waals surface area (Å²) < 4.78 is 29.4. The number of fused-ring (bicyclic) bond motifs is 3. The molecule has 0 aliphatic heterocycles. The van der Waals surface area contributed by atoms with Crippen molar-refractivity contribution in [2.75, 3.05) is 4.72 Å². The fourth-order valence-corrected chi connectivity index (χ4v) is 4.95. The van der Waals surface area contributed by atoms with E-state index in [0.29, 0.717) is 22.3 Å². The minimum atomic E-state index is -3.93. The third-order valence-electron chi connectivity index (χ3n) is 5.29. The van der Waals surface area contributed by atoms with Gasteiger partial charge in [-0.15, -0.1) is 0 Å². The Morgan fingerprint density at radius 3 is 2.44 bits per heavy atom. The summed E-state index contributed by atoms with van der Waals surface area (Å²) >= 11 is 0. The van der Waals surface area contributed by atoms with Crippen LogP contribution in [0.1, 0.15) is 21.6 Å². The van der Waals surface area contributed by atoms with Crippen molar-refractivity contribution >= 4 is 43.5 Å². The van der Waals surface area contributed by atoms with Crippen LogP contribution in [0.15, 0.2) is 90.0 Å². The van der Waals surface area contributed by atoms with Gasteiger partial charge in [-0.25, -0.2) is 18.2 Å². The van der Waals surface area contributed by atoms with E-state index in [4.69, 9.17) is 5.11 Å². The number of aromatic amines is 1. The van der Waals surface area contributed by atoms with E-state index in [0.717, 1.165) is 16.3 Å². The highest BCUT2D eigenvalue weighted by atomic mass is 32.2. The zero-order valence-corrected chi connectivity index (χ0v) is 18.4. The van der Waals surface area contributed by atoms with Crippen LogP contribution in [0.25, 0.3) is 21.8 Å². The lowest BCUT2D eigenvalue weighted by atomic mass is 10.1. The third-order valence-corrected chi connectivity index (χ3v) is 6.70. The lowest BCUT2D eigenvalue weighted by molar-refractivity contribution is 0.0690. The Morgan fingerprint density at radius 2 is 1.65 bits per heavy atom. The first kappa shape index (κ1) is 21.2. The van der Waals surface area contributed by atoms with Crippen molar-refractivity contribution in [1.29, 1.82) is 0 Å². The fraction of sp³-hybridized carbons (Fsp3) is 0. The van der Waals surface area contributed by atoms with E-state index in [1.165, 1.54) is 12.3 Å². The molecule has 5 aromatic rings. The molecule has 0 bridgehead atoms. The van der Waals surface area contributed by atoms with Crippen LogP contribution in [0.2, 0.25) is 0 Å². The van der Waals surface area contributed by atoms with E-state index < -0.39 is 16.0 Å². The maximum absolute atomic E-state index is 13.4. The normalized spacial score (nSPS) is 11.2. The van der Waals surface area contributed by atoms with Gasteiger partial charge in [-0.05, 0) is 36.4 Å². The molecule has 0 aliphatic rings. The maximum atomic E-state index is 13.4. The lowest BCUT2D eigenvalue weighted by Crippen LogP contribution is -2.14. The van der Waals surface area contributed by atoms with Gasteiger partial charge in [-0.1, -0.05) is 54.3 Å². The van der Waals surface area contributed by atoms with Crippen molar-refractivity contribution < 1.29 is 18.3 Å². The molecule has 0 amide bonds. The van der Waals surface area contributed by atoms with Gasteiger partial charge in [0, 0.05) is 33.6 Å². The fourth-order valence-electron chi connectivity index (χ4n) is 3.68. The van der Waals surface area contributed by atoms with Gasteiger partial charge < -0.3 is 10.1 Å². The summed E-state index contributed by atoms with van der Waals surface area (Å²) in [5, 5.41) is 10.7. The van der Waals surface area contributed by atoms with Gasteiger partial charge in [0.25, 0.3) is 10.0 Å². The number of aromatic carboxylic acids is 1. The summed E-state index contributed by atoms with van der Waals surface area (Å²) in [6.07, 6.45) is 1.36. The number of carboxylic acids is 1. The zero-order valence-electron chi connectivity index (χ0n) is 17.6. The van der Waals surface area contributed by atoms with Crippen molar-refractivity contribution in [3.63, 3.8) is 0 Å². The number of H-pyrrole nitrogens is 1. The molecule has 0 unspecified atom stereocenters. The number of sulfonamides is 1. The number of aromatic nitrogens is 2. The first-order valence-corrected chi connectivity index (χ1v) is 11.7. The van der Waals surface area contributed by atoms with Crippen LogP contribution in [-0.4, -0.2) is 29.5 Å². The smallest absolute Gasteiger partial charge is 0.354 e. The van der Waals surface area contributed by atoms with Crippen molar-refractivity contribution in [2.45, 2.75) is 4.90 Å². The topological polar surface area (TPSA) is 112 Å². The summed E-state index contributed by atoms with van der Waals surface area (Å²) in [4.78, 5) is 18.1. The molecule has 0 saturated carbocycles. The Labute approximate surface area is 195 Å². The molecule has 34 heavy (non-hydrogen) atoms. The Morgan fingerprint density at radius 1 is 0.882 bits per heavy atom. The number of nitrogens with zero attached hydrogens (tertiary/aromatic N) is 1. The Hall–Kier alpha value is -4.61.